The summed E-state index contributed by atoms with van der Waals surface area (Å²) in [5, 5.41) is 16.5. The van der Waals surface area contributed by atoms with Gasteiger partial charge in [0.1, 0.15) is 5.01 Å². The van der Waals surface area contributed by atoms with Gasteiger partial charge in [0, 0.05) is 32.9 Å². The third-order valence-electron chi connectivity index (χ3n) is 6.77. The normalized spacial score (nSPS) is 16.4. The summed E-state index contributed by atoms with van der Waals surface area (Å²) in [4.78, 5) is 13.1. The lowest BCUT2D eigenvalue weighted by Gasteiger charge is -2.24. The van der Waals surface area contributed by atoms with E-state index in [1.54, 1.807) is 11.3 Å². The lowest BCUT2D eigenvalue weighted by Crippen LogP contribution is -2.30. The maximum absolute atomic E-state index is 8.52. The van der Waals surface area contributed by atoms with Crippen LogP contribution in [-0.4, -0.2) is 47.1 Å². The molecule has 0 N–H and O–H groups in total. The standard InChI is InChI=1S/C15H20N2OS.C11H8N2S.C4H8Br2O/c1-16-15(7-9-18-10-8-15)14-17-13(11-19-14)12-5-3-2-4-6-12;12-7-6-11-13-10(8-14-11)9-4-2-1-3-5-9;5-1-3-7-4-2-6/h11-12H,2-10H2;1-5,8H,6H2;1-4H2. The summed E-state index contributed by atoms with van der Waals surface area (Å²) in [5.74, 6) is 0.640. The fraction of sp³-hybridized carbons (Fsp3) is 0.533. The van der Waals surface area contributed by atoms with Gasteiger partial charge in [-0.2, -0.15) is 5.26 Å². The largest absolute Gasteiger partial charge is 0.381 e. The number of nitrogens with zero attached hydrogens (tertiary/aromatic N) is 4. The zero-order valence-corrected chi connectivity index (χ0v) is 27.5. The fourth-order valence-electron chi connectivity index (χ4n) is 4.58. The molecule has 6 nitrogen and oxygen atoms in total. The Morgan fingerprint density at radius 2 is 1.73 bits per heavy atom. The van der Waals surface area contributed by atoms with E-state index in [9.17, 15) is 0 Å². The predicted molar refractivity (Wildman–Crippen MR) is 172 cm³/mol. The maximum atomic E-state index is 8.52. The number of ether oxygens (including phenoxy) is 2. The van der Waals surface area contributed by atoms with E-state index in [-0.39, 0.29) is 0 Å². The highest BCUT2D eigenvalue weighted by Crippen LogP contribution is 2.40. The van der Waals surface area contributed by atoms with Crippen LogP contribution in [0.25, 0.3) is 16.1 Å². The molecule has 1 aliphatic carbocycles. The molecule has 214 valence electrons. The van der Waals surface area contributed by atoms with Crippen molar-refractivity contribution in [2.24, 2.45) is 0 Å². The van der Waals surface area contributed by atoms with E-state index in [0.29, 0.717) is 25.6 Å². The van der Waals surface area contributed by atoms with Crippen molar-refractivity contribution in [3.05, 3.63) is 68.2 Å². The SMILES string of the molecule is BrCCOCCBr.N#CCc1nc(-c2ccccc2)cs1.[C-]#[N+]C1(c2nc(C3CCCCC3)cs2)CCOCC1. The molecule has 1 aliphatic heterocycles. The maximum Gasteiger partial charge on any atom is 0.287 e. The molecule has 0 spiro atoms. The topological polar surface area (TPSA) is 72.4 Å². The summed E-state index contributed by atoms with van der Waals surface area (Å²) in [6, 6.07) is 12.1. The minimum Gasteiger partial charge on any atom is -0.381 e. The van der Waals surface area contributed by atoms with Gasteiger partial charge in [-0.05, 0) is 12.8 Å². The molecule has 40 heavy (non-hydrogen) atoms. The van der Waals surface area contributed by atoms with Crippen LogP contribution >= 0.6 is 54.5 Å². The third-order valence-corrected chi connectivity index (χ3v) is 9.32. The van der Waals surface area contributed by atoms with E-state index in [0.717, 1.165) is 58.0 Å². The molecular formula is C30H36Br2N4O2S2. The smallest absolute Gasteiger partial charge is 0.287 e. The van der Waals surface area contributed by atoms with Gasteiger partial charge in [0.2, 0.25) is 0 Å². The van der Waals surface area contributed by atoms with Gasteiger partial charge in [0.15, 0.2) is 5.01 Å². The van der Waals surface area contributed by atoms with Crippen molar-refractivity contribution in [2.75, 3.05) is 37.1 Å². The molecule has 2 fully saturated rings. The second kappa shape index (κ2) is 18.7. The van der Waals surface area contributed by atoms with Crippen molar-refractivity contribution in [3.8, 4) is 17.3 Å². The Bertz CT molecular complexity index is 1190. The van der Waals surface area contributed by atoms with Gasteiger partial charge < -0.3 is 14.3 Å². The zero-order chi connectivity index (χ0) is 28.5. The number of aromatic nitrogens is 2. The Kier molecular flexibility index (Phi) is 15.4. The number of rotatable bonds is 8. The van der Waals surface area contributed by atoms with Crippen LogP contribution in [0.5, 0.6) is 0 Å². The van der Waals surface area contributed by atoms with Gasteiger partial charge in [0.05, 0.1) is 63.1 Å². The van der Waals surface area contributed by atoms with Crippen LogP contribution in [0, 0.1) is 17.9 Å². The molecule has 3 aromatic rings. The number of hydrogen-bond donors (Lipinski definition) is 0. The first kappa shape index (κ1) is 32.8. The Hall–Kier alpha value is -1.66. The molecular weight excluding hydrogens is 672 g/mol. The number of hydrogen-bond acceptors (Lipinski definition) is 7. The van der Waals surface area contributed by atoms with Crippen molar-refractivity contribution in [3.63, 3.8) is 0 Å². The Balaban J connectivity index is 0.000000185. The van der Waals surface area contributed by atoms with Gasteiger partial charge in [-0.15, -0.1) is 22.7 Å². The van der Waals surface area contributed by atoms with Gasteiger partial charge >= 0.3 is 0 Å². The van der Waals surface area contributed by atoms with E-state index in [2.05, 4.69) is 53.1 Å². The van der Waals surface area contributed by atoms with Gasteiger partial charge in [0.25, 0.3) is 5.54 Å². The lowest BCUT2D eigenvalue weighted by atomic mass is 9.87. The minimum atomic E-state index is -0.393. The van der Waals surface area contributed by atoms with Crippen LogP contribution in [0.2, 0.25) is 0 Å². The number of thiazole rings is 2. The highest BCUT2D eigenvalue weighted by atomic mass is 79.9. The minimum absolute atomic E-state index is 0.393. The number of alkyl halides is 2. The molecule has 10 heteroatoms. The molecule has 3 heterocycles. The second-order valence-corrected chi connectivity index (χ2v) is 12.9. The van der Waals surface area contributed by atoms with Crippen LogP contribution in [-0.2, 0) is 21.4 Å². The molecule has 1 saturated carbocycles. The summed E-state index contributed by atoms with van der Waals surface area (Å²) < 4.78 is 10.4. The van der Waals surface area contributed by atoms with Crippen molar-refractivity contribution < 1.29 is 9.47 Å². The molecule has 2 aromatic heterocycles. The summed E-state index contributed by atoms with van der Waals surface area (Å²) in [5.41, 5.74) is 2.92. The zero-order valence-electron chi connectivity index (χ0n) is 22.7. The second-order valence-electron chi connectivity index (χ2n) is 9.49. The average molecular weight is 709 g/mol. The lowest BCUT2D eigenvalue weighted by molar-refractivity contribution is 0.0645. The van der Waals surface area contributed by atoms with E-state index in [4.69, 9.17) is 26.3 Å². The molecule has 0 radical (unpaired) electrons. The van der Waals surface area contributed by atoms with Crippen LogP contribution in [0.15, 0.2) is 41.1 Å². The summed E-state index contributed by atoms with van der Waals surface area (Å²) in [7, 11) is 0. The third kappa shape index (κ3) is 10.3. The highest BCUT2D eigenvalue weighted by Gasteiger charge is 2.44. The summed E-state index contributed by atoms with van der Waals surface area (Å²) >= 11 is 9.71. The average Bonchev–Trinajstić information content (AvgIpc) is 3.71. The molecule has 5 rings (SSSR count). The summed E-state index contributed by atoms with van der Waals surface area (Å²) in [6.07, 6.45) is 8.59. The molecule has 2 aliphatic rings. The number of benzene rings is 1. The summed E-state index contributed by atoms with van der Waals surface area (Å²) in [6.45, 7) is 10.6. The molecule has 0 atom stereocenters. The Labute approximate surface area is 263 Å². The molecule has 0 unspecified atom stereocenters. The molecule has 0 bridgehead atoms. The van der Waals surface area contributed by atoms with Crippen LogP contribution in [0.4, 0.5) is 0 Å². The van der Waals surface area contributed by atoms with Crippen molar-refractivity contribution >= 4 is 54.5 Å². The first-order chi connectivity index (χ1) is 19.7. The molecule has 1 saturated heterocycles. The quantitative estimate of drug-likeness (QED) is 0.133. The van der Waals surface area contributed by atoms with Gasteiger partial charge in [-0.25, -0.2) is 16.5 Å². The van der Waals surface area contributed by atoms with Gasteiger partial charge in [-0.1, -0.05) is 81.5 Å². The predicted octanol–water partition coefficient (Wildman–Crippen LogP) is 8.78. The first-order valence-corrected chi connectivity index (χ1v) is 17.6. The number of halogens is 2. The van der Waals surface area contributed by atoms with Crippen molar-refractivity contribution in [1.82, 2.24) is 9.97 Å². The van der Waals surface area contributed by atoms with Crippen molar-refractivity contribution in [2.45, 2.75) is 62.8 Å². The van der Waals surface area contributed by atoms with E-state index >= 15 is 0 Å². The van der Waals surface area contributed by atoms with Crippen LogP contribution in [0.3, 0.4) is 0 Å². The highest BCUT2D eigenvalue weighted by molar-refractivity contribution is 9.09. The monoisotopic (exact) mass is 706 g/mol. The van der Waals surface area contributed by atoms with E-state index in [1.165, 1.54) is 49.1 Å². The fourth-order valence-corrected chi connectivity index (χ4v) is 6.88. The van der Waals surface area contributed by atoms with Crippen LogP contribution < -0.4 is 0 Å². The first-order valence-electron chi connectivity index (χ1n) is 13.6. The van der Waals surface area contributed by atoms with Crippen molar-refractivity contribution in [1.29, 1.82) is 5.26 Å². The van der Waals surface area contributed by atoms with E-state index in [1.807, 2.05) is 35.7 Å². The molecule has 1 aromatic carbocycles. The molecule has 0 amide bonds. The Morgan fingerprint density at radius 1 is 1.02 bits per heavy atom. The van der Waals surface area contributed by atoms with Gasteiger partial charge in [-0.3, -0.25) is 0 Å². The Morgan fingerprint density at radius 3 is 2.35 bits per heavy atom. The number of nitriles is 1. The van der Waals surface area contributed by atoms with E-state index < -0.39 is 5.54 Å². The van der Waals surface area contributed by atoms with Crippen LogP contribution in [0.1, 0.15) is 66.6 Å².